The minimum Gasteiger partial charge on any atom is -0.352 e. The zero-order valence-electron chi connectivity index (χ0n) is 25.8. The van der Waals surface area contributed by atoms with Crippen molar-refractivity contribution in [3.63, 3.8) is 0 Å². The van der Waals surface area contributed by atoms with Crippen molar-refractivity contribution in [1.82, 2.24) is 10.2 Å². The Hall–Kier alpha value is -3.56. The van der Waals surface area contributed by atoms with Gasteiger partial charge in [-0.3, -0.25) is 13.9 Å². The van der Waals surface area contributed by atoms with E-state index < -0.39 is 28.5 Å². The predicted molar refractivity (Wildman–Crippen MR) is 186 cm³/mol. The molecule has 0 saturated heterocycles. The van der Waals surface area contributed by atoms with Crippen molar-refractivity contribution in [3.8, 4) is 0 Å². The van der Waals surface area contributed by atoms with Crippen LogP contribution in [0.4, 0.5) is 5.69 Å². The first-order chi connectivity index (χ1) is 21.9. The average molecular weight is 701 g/mol. The highest BCUT2D eigenvalue weighted by Gasteiger charge is 2.35. The fourth-order valence-corrected chi connectivity index (χ4v) is 6.88. The van der Waals surface area contributed by atoms with Crippen LogP contribution in [0.2, 0.25) is 15.1 Å². The molecule has 0 radical (unpaired) electrons. The number of amides is 2. The summed E-state index contributed by atoms with van der Waals surface area (Å²) in [7, 11) is -4.24. The van der Waals surface area contributed by atoms with Gasteiger partial charge in [0.1, 0.15) is 12.6 Å². The summed E-state index contributed by atoms with van der Waals surface area (Å²) in [6.07, 6.45) is 0.843. The van der Waals surface area contributed by atoms with Gasteiger partial charge in [0.15, 0.2) is 0 Å². The molecule has 0 saturated carbocycles. The van der Waals surface area contributed by atoms with Crippen LogP contribution in [0.15, 0.2) is 102 Å². The lowest BCUT2D eigenvalue weighted by molar-refractivity contribution is -0.140. The fourth-order valence-electron chi connectivity index (χ4n) is 4.82. The Morgan fingerprint density at radius 2 is 1.43 bits per heavy atom. The monoisotopic (exact) mass is 699 g/mol. The van der Waals surface area contributed by atoms with Crippen LogP contribution in [0.25, 0.3) is 0 Å². The molecule has 4 aromatic rings. The van der Waals surface area contributed by atoms with Crippen LogP contribution in [0.3, 0.4) is 0 Å². The van der Waals surface area contributed by atoms with Gasteiger partial charge in [0.2, 0.25) is 11.8 Å². The zero-order valence-corrected chi connectivity index (χ0v) is 28.9. The lowest BCUT2D eigenvalue weighted by Gasteiger charge is -2.34. The molecule has 11 heteroatoms. The Labute approximate surface area is 286 Å². The van der Waals surface area contributed by atoms with Crippen LogP contribution in [0.5, 0.6) is 0 Å². The number of hydrogen-bond donors (Lipinski definition) is 1. The van der Waals surface area contributed by atoms with E-state index in [-0.39, 0.29) is 35.5 Å². The standard InChI is InChI=1S/C35H36Cl3N3O4S/c1-4-25(3)39-35(43)33(21-26-9-6-5-7-10-26)40(22-30-31(37)11-8-12-32(30)38)34(42)23-41(28-17-15-27(36)16-18-28)46(44,45)29-19-13-24(2)14-20-29/h5-20,25,33H,4,21-23H2,1-3H3,(H,39,43). The number of halogens is 3. The number of nitrogens with one attached hydrogen (secondary N) is 1. The topological polar surface area (TPSA) is 86.8 Å². The Bertz CT molecular complexity index is 1730. The number of rotatable bonds is 13. The van der Waals surface area contributed by atoms with Crippen LogP contribution in [0, 0.1) is 6.92 Å². The first kappa shape index (κ1) is 35.3. The van der Waals surface area contributed by atoms with Crippen LogP contribution >= 0.6 is 34.8 Å². The molecule has 0 bridgehead atoms. The Kier molecular flexibility index (Phi) is 12.1. The van der Waals surface area contributed by atoms with E-state index in [0.29, 0.717) is 27.1 Å². The molecule has 0 aliphatic heterocycles. The van der Waals surface area contributed by atoms with Crippen molar-refractivity contribution < 1.29 is 18.0 Å². The third kappa shape index (κ3) is 8.82. The molecule has 0 spiro atoms. The summed E-state index contributed by atoms with van der Waals surface area (Å²) in [5, 5.41) is 4.04. The Morgan fingerprint density at radius 3 is 2.02 bits per heavy atom. The summed E-state index contributed by atoms with van der Waals surface area (Å²) in [6.45, 7) is 4.93. The summed E-state index contributed by atoms with van der Waals surface area (Å²) >= 11 is 19.3. The van der Waals surface area contributed by atoms with Gasteiger partial charge < -0.3 is 10.2 Å². The highest BCUT2D eigenvalue weighted by Crippen LogP contribution is 2.29. The molecule has 4 aromatic carbocycles. The second-order valence-corrected chi connectivity index (χ2v) is 14.2. The summed E-state index contributed by atoms with van der Waals surface area (Å²) in [5.74, 6) is -1.00. The van der Waals surface area contributed by atoms with Gasteiger partial charge in [-0.1, -0.05) is 95.8 Å². The van der Waals surface area contributed by atoms with E-state index in [1.807, 2.05) is 51.1 Å². The van der Waals surface area contributed by atoms with Gasteiger partial charge in [-0.15, -0.1) is 0 Å². The molecule has 2 atom stereocenters. The molecule has 2 unspecified atom stereocenters. The highest BCUT2D eigenvalue weighted by atomic mass is 35.5. The minimum atomic E-state index is -4.24. The van der Waals surface area contributed by atoms with Crippen molar-refractivity contribution in [2.24, 2.45) is 0 Å². The van der Waals surface area contributed by atoms with Crippen molar-refractivity contribution in [3.05, 3.63) is 129 Å². The van der Waals surface area contributed by atoms with E-state index in [2.05, 4.69) is 5.32 Å². The number of carbonyl (C=O) groups excluding carboxylic acids is 2. The molecule has 0 aromatic heterocycles. The fraction of sp³-hybridized carbons (Fsp3) is 0.257. The number of sulfonamides is 1. The van der Waals surface area contributed by atoms with E-state index in [1.54, 1.807) is 42.5 Å². The molecule has 7 nitrogen and oxygen atoms in total. The van der Waals surface area contributed by atoms with Gasteiger partial charge in [0.25, 0.3) is 10.0 Å². The first-order valence-electron chi connectivity index (χ1n) is 14.8. The normalized spacial score (nSPS) is 12.7. The van der Waals surface area contributed by atoms with E-state index in [0.717, 1.165) is 15.4 Å². The number of anilines is 1. The van der Waals surface area contributed by atoms with Crippen molar-refractivity contribution >= 4 is 62.3 Å². The van der Waals surface area contributed by atoms with Crippen molar-refractivity contribution in [2.75, 3.05) is 10.8 Å². The van der Waals surface area contributed by atoms with Crippen LogP contribution in [-0.2, 0) is 32.6 Å². The van der Waals surface area contributed by atoms with Gasteiger partial charge in [-0.2, -0.15) is 0 Å². The second-order valence-electron chi connectivity index (χ2n) is 11.0. The molecule has 0 heterocycles. The van der Waals surface area contributed by atoms with Gasteiger partial charge in [-0.05, 0) is 74.4 Å². The zero-order chi connectivity index (χ0) is 33.4. The molecular weight excluding hydrogens is 665 g/mol. The number of hydrogen-bond acceptors (Lipinski definition) is 4. The summed E-state index contributed by atoms with van der Waals surface area (Å²) < 4.78 is 29.3. The summed E-state index contributed by atoms with van der Waals surface area (Å²) in [6, 6.07) is 25.7. The molecule has 1 N–H and O–H groups in total. The van der Waals surface area contributed by atoms with Crippen LogP contribution in [-0.4, -0.2) is 43.8 Å². The molecule has 0 fully saturated rings. The van der Waals surface area contributed by atoms with Crippen molar-refractivity contribution in [2.45, 2.75) is 57.1 Å². The van der Waals surface area contributed by atoms with Gasteiger partial charge in [-0.25, -0.2) is 8.42 Å². The minimum absolute atomic E-state index is 0.0110. The quantitative estimate of drug-likeness (QED) is 0.155. The van der Waals surface area contributed by atoms with Gasteiger partial charge >= 0.3 is 0 Å². The van der Waals surface area contributed by atoms with E-state index in [9.17, 15) is 18.0 Å². The third-order valence-electron chi connectivity index (χ3n) is 7.66. The highest BCUT2D eigenvalue weighted by molar-refractivity contribution is 7.92. The first-order valence-corrected chi connectivity index (χ1v) is 17.4. The van der Waals surface area contributed by atoms with E-state index >= 15 is 0 Å². The molecular formula is C35H36Cl3N3O4S. The SMILES string of the molecule is CCC(C)NC(=O)C(Cc1ccccc1)N(Cc1c(Cl)cccc1Cl)C(=O)CN(c1ccc(Cl)cc1)S(=O)(=O)c1ccc(C)cc1. The number of aryl methyl sites for hydroxylation is 1. The van der Waals surface area contributed by atoms with E-state index in [4.69, 9.17) is 34.8 Å². The maximum atomic E-state index is 14.6. The number of carbonyl (C=O) groups is 2. The molecule has 0 aliphatic rings. The third-order valence-corrected chi connectivity index (χ3v) is 10.4. The maximum absolute atomic E-state index is 14.6. The summed E-state index contributed by atoms with van der Waals surface area (Å²) in [5.41, 5.74) is 2.37. The van der Waals surface area contributed by atoms with Crippen molar-refractivity contribution in [1.29, 1.82) is 0 Å². The summed E-state index contributed by atoms with van der Waals surface area (Å²) in [4.78, 5) is 29.9. The Morgan fingerprint density at radius 1 is 0.826 bits per heavy atom. The maximum Gasteiger partial charge on any atom is 0.264 e. The molecule has 46 heavy (non-hydrogen) atoms. The van der Waals surface area contributed by atoms with E-state index in [1.165, 1.54) is 29.2 Å². The van der Waals surface area contributed by atoms with Crippen LogP contribution in [0.1, 0.15) is 37.0 Å². The van der Waals surface area contributed by atoms with Gasteiger partial charge in [0.05, 0.1) is 10.6 Å². The largest absolute Gasteiger partial charge is 0.352 e. The molecule has 4 rings (SSSR count). The smallest absolute Gasteiger partial charge is 0.264 e. The number of benzene rings is 4. The molecule has 242 valence electrons. The Balaban J connectivity index is 1.84. The molecule has 0 aliphatic carbocycles. The van der Waals surface area contributed by atoms with Crippen LogP contribution < -0.4 is 9.62 Å². The average Bonchev–Trinajstić information content (AvgIpc) is 3.03. The van der Waals surface area contributed by atoms with Gasteiger partial charge in [0, 0.05) is 39.6 Å². The number of nitrogens with zero attached hydrogens (tertiary/aromatic N) is 2. The lowest BCUT2D eigenvalue weighted by atomic mass is 10.0. The lowest BCUT2D eigenvalue weighted by Crippen LogP contribution is -2.54. The predicted octanol–water partition coefficient (Wildman–Crippen LogP) is 7.71. The second kappa shape index (κ2) is 15.8. The molecule has 2 amide bonds.